The lowest BCUT2D eigenvalue weighted by Gasteiger charge is -2.24. The third kappa shape index (κ3) is 3.34. The van der Waals surface area contributed by atoms with E-state index < -0.39 is 5.97 Å². The Balaban J connectivity index is 2.19. The molecule has 4 nitrogen and oxygen atoms in total. The van der Waals surface area contributed by atoms with E-state index in [0.29, 0.717) is 11.2 Å². The summed E-state index contributed by atoms with van der Waals surface area (Å²) in [5.41, 5.74) is 4.45. The maximum Gasteiger partial charge on any atom is 0.305 e. The van der Waals surface area contributed by atoms with Gasteiger partial charge in [-0.3, -0.25) is 4.79 Å². The Bertz CT molecular complexity index is 811. The molecule has 120 valence electrons. The zero-order valence-electron chi connectivity index (χ0n) is 13.2. The van der Waals surface area contributed by atoms with Crippen molar-refractivity contribution in [2.24, 2.45) is 0 Å². The summed E-state index contributed by atoms with van der Waals surface area (Å²) in [4.78, 5) is 15.7. The van der Waals surface area contributed by atoms with Gasteiger partial charge >= 0.3 is 5.97 Å². The molecule has 0 unspecified atom stereocenters. The van der Waals surface area contributed by atoms with Crippen molar-refractivity contribution in [1.82, 2.24) is 9.55 Å². The number of carboxylic acid groups (broad SMARTS) is 1. The Labute approximate surface area is 140 Å². The van der Waals surface area contributed by atoms with Crippen molar-refractivity contribution in [3.63, 3.8) is 0 Å². The van der Waals surface area contributed by atoms with E-state index in [2.05, 4.69) is 15.6 Å². The van der Waals surface area contributed by atoms with Gasteiger partial charge < -0.3 is 9.67 Å². The molecule has 3 rings (SSSR count). The lowest BCUT2D eigenvalue weighted by atomic mass is 9.96. The molecule has 23 heavy (non-hydrogen) atoms. The molecule has 1 aromatic carbocycles. The van der Waals surface area contributed by atoms with Crippen LogP contribution in [-0.4, -0.2) is 20.6 Å². The van der Waals surface area contributed by atoms with Crippen LogP contribution in [0.25, 0.3) is 11.4 Å². The van der Waals surface area contributed by atoms with Crippen LogP contribution in [0.5, 0.6) is 0 Å². The summed E-state index contributed by atoms with van der Waals surface area (Å²) in [6.07, 6.45) is 4.23. The molecule has 1 N–H and O–H groups in total. The van der Waals surface area contributed by atoms with Crippen LogP contribution >= 0.6 is 12.2 Å². The maximum atomic E-state index is 11.1. The van der Waals surface area contributed by atoms with Crippen molar-refractivity contribution >= 4 is 18.2 Å². The first kappa shape index (κ1) is 15.9. The first-order valence-electron chi connectivity index (χ1n) is 7.97. The Morgan fingerprint density at radius 1 is 1.35 bits per heavy atom. The number of hydrogen-bond donors (Lipinski definition) is 1. The quantitative estimate of drug-likeness (QED) is 0.864. The Kier molecular flexibility index (Phi) is 4.57. The Morgan fingerprint density at radius 2 is 2.13 bits per heavy atom. The molecule has 0 amide bonds. The molecular formula is C18H20N2O2S. The number of aryl methyl sites for hydroxylation is 1. The van der Waals surface area contributed by atoms with E-state index in [0.717, 1.165) is 48.2 Å². The van der Waals surface area contributed by atoms with E-state index in [9.17, 15) is 4.79 Å². The third-order valence-corrected chi connectivity index (χ3v) is 4.65. The molecule has 1 aliphatic carbocycles. The number of benzene rings is 1. The van der Waals surface area contributed by atoms with Gasteiger partial charge in [-0.25, -0.2) is 4.98 Å². The summed E-state index contributed by atoms with van der Waals surface area (Å²) in [6, 6.07) is 8.12. The van der Waals surface area contributed by atoms with Gasteiger partial charge in [-0.05, 0) is 38.7 Å². The van der Waals surface area contributed by atoms with Crippen molar-refractivity contribution in [1.29, 1.82) is 0 Å². The standard InChI is InChI=1S/C18H20N2O2S/c1-12-5-4-6-13(11-12)17-19-18(23)14-7-2-3-8-15(14)20(17)10-9-16(21)22/h4-6,11H,2-3,7-10H2,1H3,(H,21,22). The highest BCUT2D eigenvalue weighted by molar-refractivity contribution is 7.71. The van der Waals surface area contributed by atoms with Crippen molar-refractivity contribution in [3.05, 3.63) is 45.7 Å². The largest absolute Gasteiger partial charge is 0.481 e. The van der Waals surface area contributed by atoms with Crippen LogP contribution in [0.15, 0.2) is 24.3 Å². The first-order valence-corrected chi connectivity index (χ1v) is 8.38. The van der Waals surface area contributed by atoms with Crippen LogP contribution in [0.4, 0.5) is 0 Å². The average molecular weight is 328 g/mol. The molecule has 5 heteroatoms. The van der Waals surface area contributed by atoms with E-state index in [1.807, 2.05) is 25.1 Å². The Morgan fingerprint density at radius 3 is 2.87 bits per heavy atom. The second kappa shape index (κ2) is 6.62. The van der Waals surface area contributed by atoms with Gasteiger partial charge in [0.2, 0.25) is 0 Å². The normalized spacial score (nSPS) is 13.6. The highest BCUT2D eigenvalue weighted by Gasteiger charge is 2.19. The molecule has 0 aliphatic heterocycles. The summed E-state index contributed by atoms with van der Waals surface area (Å²) in [7, 11) is 0. The average Bonchev–Trinajstić information content (AvgIpc) is 2.54. The van der Waals surface area contributed by atoms with Crippen molar-refractivity contribution < 1.29 is 9.90 Å². The van der Waals surface area contributed by atoms with Crippen LogP contribution in [-0.2, 0) is 24.2 Å². The molecule has 1 aromatic heterocycles. The zero-order chi connectivity index (χ0) is 16.4. The lowest BCUT2D eigenvalue weighted by molar-refractivity contribution is -0.137. The van der Waals surface area contributed by atoms with E-state index in [1.54, 1.807) is 0 Å². The fourth-order valence-electron chi connectivity index (χ4n) is 3.22. The minimum Gasteiger partial charge on any atom is -0.481 e. The fourth-order valence-corrected chi connectivity index (χ4v) is 3.53. The van der Waals surface area contributed by atoms with Gasteiger partial charge in [-0.1, -0.05) is 36.0 Å². The number of fused-ring (bicyclic) bond motifs is 1. The number of aliphatic carboxylic acids is 1. The van der Waals surface area contributed by atoms with E-state index >= 15 is 0 Å². The number of aromatic nitrogens is 2. The third-order valence-electron chi connectivity index (χ3n) is 4.31. The summed E-state index contributed by atoms with van der Waals surface area (Å²) >= 11 is 5.51. The highest BCUT2D eigenvalue weighted by atomic mass is 32.1. The smallest absolute Gasteiger partial charge is 0.305 e. The summed E-state index contributed by atoms with van der Waals surface area (Å²) < 4.78 is 2.75. The second-order valence-corrected chi connectivity index (χ2v) is 6.42. The van der Waals surface area contributed by atoms with Gasteiger partial charge in [0.25, 0.3) is 0 Å². The van der Waals surface area contributed by atoms with Gasteiger partial charge in [0, 0.05) is 23.4 Å². The van der Waals surface area contributed by atoms with Crippen LogP contribution < -0.4 is 0 Å². The molecule has 0 saturated carbocycles. The monoisotopic (exact) mass is 328 g/mol. The minimum atomic E-state index is -0.792. The molecule has 0 fully saturated rings. The van der Waals surface area contributed by atoms with Crippen LogP contribution in [0.3, 0.4) is 0 Å². The van der Waals surface area contributed by atoms with E-state index in [1.165, 1.54) is 5.69 Å². The van der Waals surface area contributed by atoms with E-state index in [4.69, 9.17) is 17.3 Å². The van der Waals surface area contributed by atoms with Gasteiger partial charge in [0.15, 0.2) is 0 Å². The summed E-state index contributed by atoms with van der Waals surface area (Å²) in [6.45, 7) is 2.47. The Hall–Kier alpha value is -2.01. The number of carboxylic acids is 1. The highest BCUT2D eigenvalue weighted by Crippen LogP contribution is 2.28. The van der Waals surface area contributed by atoms with Gasteiger partial charge in [-0.15, -0.1) is 0 Å². The topological polar surface area (TPSA) is 55.1 Å². The molecule has 0 saturated heterocycles. The number of nitrogens with zero attached hydrogens (tertiary/aromatic N) is 2. The SMILES string of the molecule is Cc1cccc(-c2nc(=S)c3c(n2CCC(=O)O)CCCC3)c1. The lowest BCUT2D eigenvalue weighted by Crippen LogP contribution is -2.19. The molecular weight excluding hydrogens is 308 g/mol. The summed E-state index contributed by atoms with van der Waals surface area (Å²) in [5.74, 6) is 0.000279. The predicted molar refractivity (Wildman–Crippen MR) is 92.1 cm³/mol. The molecule has 0 radical (unpaired) electrons. The number of hydrogen-bond acceptors (Lipinski definition) is 3. The van der Waals surface area contributed by atoms with Gasteiger partial charge in [0.1, 0.15) is 10.5 Å². The molecule has 2 aromatic rings. The van der Waals surface area contributed by atoms with E-state index in [-0.39, 0.29) is 6.42 Å². The van der Waals surface area contributed by atoms with Crippen molar-refractivity contribution in [3.8, 4) is 11.4 Å². The van der Waals surface area contributed by atoms with Crippen LogP contribution in [0, 0.1) is 11.6 Å². The van der Waals surface area contributed by atoms with Crippen molar-refractivity contribution in [2.45, 2.75) is 45.6 Å². The van der Waals surface area contributed by atoms with Crippen LogP contribution in [0.2, 0.25) is 0 Å². The molecule has 1 heterocycles. The first-order chi connectivity index (χ1) is 11.1. The summed E-state index contributed by atoms with van der Waals surface area (Å²) in [5, 5.41) is 9.08. The minimum absolute atomic E-state index is 0.0916. The molecule has 0 spiro atoms. The fraction of sp³-hybridized carbons (Fsp3) is 0.389. The van der Waals surface area contributed by atoms with Gasteiger partial charge in [0.05, 0.1) is 6.42 Å². The van der Waals surface area contributed by atoms with Crippen LogP contribution in [0.1, 0.15) is 36.1 Å². The number of carbonyl (C=O) groups is 1. The second-order valence-electron chi connectivity index (χ2n) is 6.04. The zero-order valence-corrected chi connectivity index (χ0v) is 14.0. The maximum absolute atomic E-state index is 11.1. The van der Waals surface area contributed by atoms with Crippen molar-refractivity contribution in [2.75, 3.05) is 0 Å². The predicted octanol–water partition coefficient (Wildman–Crippen LogP) is 3.94. The molecule has 0 bridgehead atoms. The number of rotatable bonds is 4. The van der Waals surface area contributed by atoms with Gasteiger partial charge in [-0.2, -0.15) is 0 Å². The molecule has 1 aliphatic rings. The molecule has 0 atom stereocenters.